The Labute approximate surface area is 158 Å². The number of nitrogens with one attached hydrogen (secondary N) is 2. The average Bonchev–Trinajstić information content (AvgIpc) is 2.61. The predicted molar refractivity (Wildman–Crippen MR) is 102 cm³/mol. The summed E-state index contributed by atoms with van der Waals surface area (Å²) in [5, 5.41) is 3.22. The number of benzene rings is 2. The maximum atomic E-state index is 12.5. The normalized spacial score (nSPS) is 11.2. The number of anilines is 1. The Kier molecular flexibility index (Phi) is 7.02. The number of methoxy groups -OCH3 is 1. The first-order valence-electron chi connectivity index (χ1n) is 7.99. The molecule has 0 saturated carbocycles. The summed E-state index contributed by atoms with van der Waals surface area (Å²) in [5.41, 5.74) is 1.62. The van der Waals surface area contributed by atoms with E-state index in [-0.39, 0.29) is 10.8 Å². The lowest BCUT2D eigenvalue weighted by Crippen LogP contribution is -2.25. The Bertz CT molecular complexity index is 867. The van der Waals surface area contributed by atoms with E-state index in [0.29, 0.717) is 35.8 Å². The highest BCUT2D eigenvalue weighted by Crippen LogP contribution is 2.22. The zero-order chi connectivity index (χ0) is 19.2. The van der Waals surface area contributed by atoms with Crippen LogP contribution >= 0.6 is 11.6 Å². The van der Waals surface area contributed by atoms with Gasteiger partial charge in [-0.1, -0.05) is 17.7 Å². The van der Waals surface area contributed by atoms with Crippen molar-refractivity contribution in [2.24, 2.45) is 0 Å². The Balaban J connectivity index is 2.06. The van der Waals surface area contributed by atoms with Gasteiger partial charge < -0.3 is 10.1 Å². The Morgan fingerprint density at radius 1 is 1.15 bits per heavy atom. The molecule has 0 bridgehead atoms. The molecule has 26 heavy (non-hydrogen) atoms. The first-order chi connectivity index (χ1) is 12.3. The van der Waals surface area contributed by atoms with E-state index in [1.54, 1.807) is 25.3 Å². The molecule has 0 aromatic heterocycles. The van der Waals surface area contributed by atoms with Crippen molar-refractivity contribution in [3.05, 3.63) is 58.6 Å². The number of ether oxygens (including phenoxy) is 1. The monoisotopic (exact) mass is 396 g/mol. The van der Waals surface area contributed by atoms with Crippen LogP contribution in [0.25, 0.3) is 0 Å². The third-order valence-corrected chi connectivity index (χ3v) is 5.47. The zero-order valence-electron chi connectivity index (χ0n) is 14.6. The number of aryl methyl sites for hydroxylation is 1. The van der Waals surface area contributed by atoms with Crippen molar-refractivity contribution in [2.75, 3.05) is 25.0 Å². The molecule has 0 aliphatic carbocycles. The number of rotatable bonds is 8. The predicted octanol–water partition coefficient (Wildman–Crippen LogP) is 3.22. The highest BCUT2D eigenvalue weighted by Gasteiger charge is 2.15. The fraction of sp³-hybridized carbons (Fsp3) is 0.278. The quantitative estimate of drug-likeness (QED) is 0.671. The van der Waals surface area contributed by atoms with E-state index in [4.69, 9.17) is 16.3 Å². The molecule has 0 radical (unpaired) electrons. The summed E-state index contributed by atoms with van der Waals surface area (Å²) in [6.07, 6.45) is 0.706. The third-order valence-electron chi connectivity index (χ3n) is 3.66. The van der Waals surface area contributed by atoms with Crippen LogP contribution in [0.3, 0.4) is 0 Å². The smallest absolute Gasteiger partial charge is 0.261 e. The van der Waals surface area contributed by atoms with Crippen LogP contribution in [0.4, 0.5) is 5.69 Å². The number of sulfonamides is 1. The van der Waals surface area contributed by atoms with Crippen LogP contribution in [-0.4, -0.2) is 34.6 Å². The van der Waals surface area contributed by atoms with E-state index < -0.39 is 10.0 Å². The fourth-order valence-electron chi connectivity index (χ4n) is 2.18. The lowest BCUT2D eigenvalue weighted by molar-refractivity contribution is 0.0948. The summed E-state index contributed by atoms with van der Waals surface area (Å²) in [7, 11) is -2.17. The molecule has 140 valence electrons. The van der Waals surface area contributed by atoms with Crippen LogP contribution in [-0.2, 0) is 14.8 Å². The van der Waals surface area contributed by atoms with E-state index >= 15 is 0 Å². The summed E-state index contributed by atoms with van der Waals surface area (Å²) in [4.78, 5) is 12.1. The summed E-state index contributed by atoms with van der Waals surface area (Å²) < 4.78 is 32.3. The minimum atomic E-state index is -3.77. The number of hydrogen-bond acceptors (Lipinski definition) is 4. The van der Waals surface area contributed by atoms with Gasteiger partial charge in [0.2, 0.25) is 0 Å². The topological polar surface area (TPSA) is 84.5 Å². The van der Waals surface area contributed by atoms with Gasteiger partial charge in [-0.2, -0.15) is 0 Å². The maximum Gasteiger partial charge on any atom is 0.261 e. The standard InChI is InChI=1S/C18H21ClN2O4S/c1-13-4-7-15(12-17(13)19)21-26(23,24)16-8-5-14(6-9-16)18(22)20-10-3-11-25-2/h4-9,12,21H,3,10-11H2,1-2H3,(H,20,22). The lowest BCUT2D eigenvalue weighted by atomic mass is 10.2. The molecular formula is C18H21ClN2O4S. The molecule has 0 spiro atoms. The van der Waals surface area contributed by atoms with Crippen LogP contribution in [0, 0.1) is 6.92 Å². The molecule has 0 atom stereocenters. The van der Waals surface area contributed by atoms with Crippen molar-refractivity contribution < 1.29 is 17.9 Å². The number of hydrogen-bond donors (Lipinski definition) is 2. The lowest BCUT2D eigenvalue weighted by Gasteiger charge is -2.10. The molecule has 0 saturated heterocycles. The molecule has 2 rings (SSSR count). The molecule has 0 fully saturated rings. The summed E-state index contributed by atoms with van der Waals surface area (Å²) in [5.74, 6) is -0.261. The first kappa shape index (κ1) is 20.2. The molecule has 0 unspecified atom stereocenters. The summed E-state index contributed by atoms with van der Waals surface area (Å²) in [6, 6.07) is 10.7. The molecule has 8 heteroatoms. The minimum absolute atomic E-state index is 0.0603. The van der Waals surface area contributed by atoms with Gasteiger partial charge >= 0.3 is 0 Å². The van der Waals surface area contributed by atoms with Gasteiger partial charge in [-0.3, -0.25) is 9.52 Å². The first-order valence-corrected chi connectivity index (χ1v) is 9.86. The van der Waals surface area contributed by atoms with Gasteiger partial charge in [0.25, 0.3) is 15.9 Å². The van der Waals surface area contributed by atoms with E-state index in [0.717, 1.165) is 5.56 Å². The van der Waals surface area contributed by atoms with Gasteiger partial charge in [0, 0.05) is 30.8 Å². The van der Waals surface area contributed by atoms with Crippen LogP contribution in [0.5, 0.6) is 0 Å². The SMILES string of the molecule is COCCCNC(=O)c1ccc(S(=O)(=O)Nc2ccc(C)c(Cl)c2)cc1. The van der Waals surface area contributed by atoms with Gasteiger partial charge in [-0.05, 0) is 55.3 Å². The van der Waals surface area contributed by atoms with E-state index in [1.165, 1.54) is 24.3 Å². The summed E-state index contributed by atoms with van der Waals surface area (Å²) in [6.45, 7) is 2.88. The highest BCUT2D eigenvalue weighted by atomic mass is 35.5. The van der Waals surface area contributed by atoms with Crippen LogP contribution < -0.4 is 10.0 Å². The molecule has 2 aromatic rings. The molecular weight excluding hydrogens is 376 g/mol. The van der Waals surface area contributed by atoms with Crippen LogP contribution in [0.2, 0.25) is 5.02 Å². The van der Waals surface area contributed by atoms with Crippen LogP contribution in [0.1, 0.15) is 22.3 Å². The second-order valence-corrected chi connectivity index (χ2v) is 7.79. The van der Waals surface area contributed by atoms with Gasteiger partial charge in [-0.15, -0.1) is 0 Å². The molecule has 0 heterocycles. The van der Waals surface area contributed by atoms with E-state index in [9.17, 15) is 13.2 Å². The largest absolute Gasteiger partial charge is 0.385 e. The molecule has 6 nitrogen and oxygen atoms in total. The molecule has 1 amide bonds. The zero-order valence-corrected chi connectivity index (χ0v) is 16.2. The van der Waals surface area contributed by atoms with E-state index in [2.05, 4.69) is 10.0 Å². The number of carbonyl (C=O) groups is 1. The number of halogens is 1. The molecule has 0 aliphatic rings. The second kappa shape index (κ2) is 9.02. The summed E-state index contributed by atoms with van der Waals surface area (Å²) >= 11 is 6.02. The van der Waals surface area contributed by atoms with Crippen molar-refractivity contribution in [1.29, 1.82) is 0 Å². The molecule has 2 aromatic carbocycles. The number of carbonyl (C=O) groups excluding carboxylic acids is 1. The van der Waals surface area contributed by atoms with E-state index in [1.807, 2.05) is 6.92 Å². The van der Waals surface area contributed by atoms with Crippen LogP contribution in [0.15, 0.2) is 47.4 Å². The third kappa shape index (κ3) is 5.45. The van der Waals surface area contributed by atoms with Gasteiger partial charge in [0.1, 0.15) is 0 Å². The highest BCUT2D eigenvalue weighted by molar-refractivity contribution is 7.92. The van der Waals surface area contributed by atoms with Crippen molar-refractivity contribution >= 4 is 33.2 Å². The Morgan fingerprint density at radius 2 is 1.85 bits per heavy atom. The number of amides is 1. The van der Waals surface area contributed by atoms with Crippen molar-refractivity contribution in [1.82, 2.24) is 5.32 Å². The van der Waals surface area contributed by atoms with Crippen molar-refractivity contribution in [3.8, 4) is 0 Å². The van der Waals surface area contributed by atoms with Gasteiger partial charge in [0.05, 0.1) is 10.6 Å². The van der Waals surface area contributed by atoms with Gasteiger partial charge in [-0.25, -0.2) is 8.42 Å². The average molecular weight is 397 g/mol. The fourth-order valence-corrected chi connectivity index (χ4v) is 3.41. The minimum Gasteiger partial charge on any atom is -0.385 e. The Hall–Kier alpha value is -2.09. The van der Waals surface area contributed by atoms with Crippen molar-refractivity contribution in [2.45, 2.75) is 18.2 Å². The van der Waals surface area contributed by atoms with Gasteiger partial charge in [0.15, 0.2) is 0 Å². The molecule has 0 aliphatic heterocycles. The maximum absolute atomic E-state index is 12.5. The molecule has 2 N–H and O–H groups in total. The van der Waals surface area contributed by atoms with Crippen molar-refractivity contribution in [3.63, 3.8) is 0 Å². The Morgan fingerprint density at radius 3 is 2.46 bits per heavy atom. The second-order valence-electron chi connectivity index (χ2n) is 5.70.